The monoisotopic (exact) mass is 272 g/mol. The van der Waals surface area contributed by atoms with Gasteiger partial charge in [0, 0.05) is 6.92 Å². The Hall–Kier alpha value is 1.64. The van der Waals surface area contributed by atoms with Crippen LogP contribution in [0.15, 0.2) is 0 Å². The summed E-state index contributed by atoms with van der Waals surface area (Å²) in [5, 5.41) is 7.42. The van der Waals surface area contributed by atoms with Gasteiger partial charge in [0.2, 0.25) is 0 Å². The van der Waals surface area contributed by atoms with Crippen molar-refractivity contribution in [1.82, 2.24) is 0 Å². The molecule has 0 unspecified atom stereocenters. The molecule has 0 atom stereocenters. The van der Waals surface area contributed by atoms with E-state index < -0.39 is 15.0 Å². The molecular weight excluding hydrogens is 262 g/mol. The molecule has 12 heteroatoms. The van der Waals surface area contributed by atoms with E-state index in [0.29, 0.717) is 0 Å². The minimum Gasteiger partial charge on any atom is -0.780 e. The summed E-state index contributed by atoms with van der Waals surface area (Å²) in [6.45, 7) is 1.08. The molecule has 0 spiro atoms. The van der Waals surface area contributed by atoms with Gasteiger partial charge >= 0.3 is 59.1 Å². The molecule has 0 heterocycles. The van der Waals surface area contributed by atoms with E-state index in [1.54, 1.807) is 0 Å². The number of rotatable bonds is 0. The van der Waals surface area contributed by atoms with Gasteiger partial charge in [0.1, 0.15) is 0 Å². The maximum atomic E-state index is 9.00. The number of hydrogen-bond donors (Lipinski definition) is 1. The van der Waals surface area contributed by atoms with Gasteiger partial charge in [-0.05, 0) is 11.2 Å². The molecule has 0 aromatic rings. The van der Waals surface area contributed by atoms with Crippen molar-refractivity contribution >= 4 is 26.2 Å². The standard InChI is InChI=1S/C2H4O2.2Na.H2O3S2.3H2O/c1-2(3)4;;;1-5(2,3)4;;;/h1H3,(H,3,4);;;(H2,1,2,3,4);3*1H2/q;2*+1;;;;/p-2. The molecule has 0 aromatic heterocycles. The van der Waals surface area contributed by atoms with Crippen molar-refractivity contribution in [2.24, 2.45) is 0 Å². The van der Waals surface area contributed by atoms with Gasteiger partial charge in [-0.1, -0.05) is 0 Å². The number of carboxylic acid groups (broad SMARTS) is 1. The second-order valence-corrected chi connectivity index (χ2v) is 2.97. The predicted molar refractivity (Wildman–Crippen MR) is 41.2 cm³/mol. The van der Waals surface area contributed by atoms with Crippen LogP contribution in [0.2, 0.25) is 0 Å². The molecule has 0 amide bonds. The van der Waals surface area contributed by atoms with Gasteiger partial charge in [0.15, 0.2) is 0 Å². The van der Waals surface area contributed by atoms with Gasteiger partial charge in [0.05, 0.1) is 0 Å². The third-order valence-electron chi connectivity index (χ3n) is 0. The third-order valence-corrected chi connectivity index (χ3v) is 0. The Labute approximate surface area is 130 Å². The molecule has 0 radical (unpaired) electrons. The van der Waals surface area contributed by atoms with E-state index in [0.717, 1.165) is 6.92 Å². The first-order valence-corrected chi connectivity index (χ1v) is 3.93. The first-order chi connectivity index (χ1) is 3.73. The molecule has 80 valence electrons. The molecule has 8 nitrogen and oxygen atoms in total. The van der Waals surface area contributed by atoms with Crippen LogP contribution in [0.5, 0.6) is 0 Å². The van der Waals surface area contributed by atoms with Crippen LogP contribution < -0.4 is 59.1 Å². The smallest absolute Gasteiger partial charge is 0.780 e. The molecule has 0 aromatic carbocycles. The SMILES string of the molecule is CC(=O)O.O.O.O.O=S([O-])([O-])=S.[Na+].[Na+]. The maximum Gasteiger partial charge on any atom is 1.00 e. The summed E-state index contributed by atoms with van der Waals surface area (Å²) in [6.07, 6.45) is 0. The van der Waals surface area contributed by atoms with E-state index in [9.17, 15) is 0 Å². The molecule has 0 aliphatic heterocycles. The predicted octanol–water partition coefficient (Wildman–Crippen LogP) is -9.38. The summed E-state index contributed by atoms with van der Waals surface area (Å²) >= 11 is 3.24. The van der Waals surface area contributed by atoms with Crippen molar-refractivity contribution in [1.29, 1.82) is 0 Å². The molecule has 14 heavy (non-hydrogen) atoms. The molecule has 0 rings (SSSR count). The Morgan fingerprint density at radius 2 is 1.21 bits per heavy atom. The fraction of sp³-hybridized carbons (Fsp3) is 0.500. The summed E-state index contributed by atoms with van der Waals surface area (Å²) in [4.78, 5) is 9.00. The zero-order valence-electron chi connectivity index (χ0n) is 7.90. The molecular formula is C2H10Na2O8S2. The van der Waals surface area contributed by atoms with Crippen molar-refractivity contribution in [3.63, 3.8) is 0 Å². The fourth-order valence-electron chi connectivity index (χ4n) is 0. The van der Waals surface area contributed by atoms with Gasteiger partial charge < -0.3 is 30.6 Å². The molecule has 0 fully saturated rings. The second kappa shape index (κ2) is 24.1. The quantitative estimate of drug-likeness (QED) is 0.424. The van der Waals surface area contributed by atoms with Crippen LogP contribution in [0.25, 0.3) is 0 Å². The number of carbonyl (C=O) groups is 1. The molecule has 0 saturated carbocycles. The summed E-state index contributed by atoms with van der Waals surface area (Å²) in [5.74, 6) is -0.833. The molecule has 0 aliphatic carbocycles. The average Bonchev–Trinajstić information content (AvgIpc) is 1.19. The Morgan fingerprint density at radius 1 is 1.21 bits per heavy atom. The van der Waals surface area contributed by atoms with E-state index in [1.807, 2.05) is 0 Å². The molecule has 7 N–H and O–H groups in total. The van der Waals surface area contributed by atoms with E-state index in [1.165, 1.54) is 0 Å². The van der Waals surface area contributed by atoms with Crippen LogP contribution in [0, 0.1) is 0 Å². The average molecular weight is 272 g/mol. The van der Waals surface area contributed by atoms with E-state index in [4.69, 9.17) is 23.2 Å². The first-order valence-electron chi connectivity index (χ1n) is 1.59. The van der Waals surface area contributed by atoms with Gasteiger partial charge in [-0.2, -0.15) is 0 Å². The topological polar surface area (TPSA) is 195 Å². The van der Waals surface area contributed by atoms with Crippen LogP contribution in [0.3, 0.4) is 0 Å². The Balaban J connectivity index is -0.0000000104. The van der Waals surface area contributed by atoms with Crippen LogP contribution in [-0.4, -0.2) is 40.8 Å². The van der Waals surface area contributed by atoms with Crippen molar-refractivity contribution in [2.45, 2.75) is 6.92 Å². The largest absolute Gasteiger partial charge is 1.00 e. The minimum absolute atomic E-state index is 0. The fourth-order valence-corrected chi connectivity index (χ4v) is 0. The summed E-state index contributed by atoms with van der Waals surface area (Å²) in [5.41, 5.74) is 0. The van der Waals surface area contributed by atoms with Crippen molar-refractivity contribution in [3.05, 3.63) is 0 Å². The summed E-state index contributed by atoms with van der Waals surface area (Å²) in [7, 11) is -4.33. The zero-order valence-corrected chi connectivity index (χ0v) is 13.5. The van der Waals surface area contributed by atoms with Crippen molar-refractivity contribution in [3.8, 4) is 0 Å². The van der Waals surface area contributed by atoms with E-state index >= 15 is 0 Å². The van der Waals surface area contributed by atoms with Gasteiger partial charge in [-0.3, -0.25) is 9.00 Å². The molecule has 0 saturated heterocycles. The number of carboxylic acids is 1. The summed E-state index contributed by atoms with van der Waals surface area (Å²) < 4.78 is 26.7. The Kier molecular flexibility index (Phi) is 77.2. The van der Waals surface area contributed by atoms with Crippen LogP contribution in [-0.2, 0) is 25.0 Å². The van der Waals surface area contributed by atoms with Crippen LogP contribution >= 0.6 is 0 Å². The van der Waals surface area contributed by atoms with Crippen molar-refractivity contribution < 1.29 is 98.8 Å². The van der Waals surface area contributed by atoms with Gasteiger partial charge in [-0.25, -0.2) is 0 Å². The van der Waals surface area contributed by atoms with Gasteiger partial charge in [-0.15, -0.1) is 9.05 Å². The van der Waals surface area contributed by atoms with Crippen LogP contribution in [0.4, 0.5) is 0 Å². The van der Waals surface area contributed by atoms with Crippen molar-refractivity contribution in [2.75, 3.05) is 0 Å². The Morgan fingerprint density at radius 3 is 1.21 bits per heavy atom. The zero-order chi connectivity index (χ0) is 8.08. The van der Waals surface area contributed by atoms with E-state index in [2.05, 4.69) is 11.2 Å². The second-order valence-electron chi connectivity index (χ2n) is 0.927. The number of aliphatic carboxylic acids is 1. The number of hydrogen-bond acceptors (Lipinski definition) is 5. The molecule has 0 aliphatic rings. The minimum atomic E-state index is -4.33. The molecule has 0 bridgehead atoms. The first kappa shape index (κ1) is 44.9. The van der Waals surface area contributed by atoms with Crippen LogP contribution in [0.1, 0.15) is 6.92 Å². The normalized spacial score (nSPS) is 5.93. The van der Waals surface area contributed by atoms with E-state index in [-0.39, 0.29) is 75.5 Å². The summed E-state index contributed by atoms with van der Waals surface area (Å²) in [6, 6.07) is 0. The van der Waals surface area contributed by atoms with Gasteiger partial charge in [0.25, 0.3) is 5.97 Å². The Bertz CT molecular complexity index is 166. The third kappa shape index (κ3) is 810. The maximum absolute atomic E-state index is 9.00.